The van der Waals surface area contributed by atoms with Crippen LogP contribution >= 0.6 is 0 Å². The molecule has 1 fully saturated rings. The Kier molecular flexibility index (Phi) is 4.52. The fraction of sp³-hybridized carbons (Fsp3) is 0.471. The molecule has 2 aliphatic rings. The summed E-state index contributed by atoms with van der Waals surface area (Å²) in [5, 5.41) is 13.7. The summed E-state index contributed by atoms with van der Waals surface area (Å²) in [6.07, 6.45) is 4.12. The number of hydrogen-bond acceptors (Lipinski definition) is 5. The normalized spacial score (nSPS) is 22.7. The van der Waals surface area contributed by atoms with Crippen LogP contribution in [-0.2, 0) is 4.79 Å². The smallest absolute Gasteiger partial charge is 0.270 e. The zero-order valence-corrected chi connectivity index (χ0v) is 13.9. The molecule has 1 aromatic carbocycles. The molecule has 3 rings (SSSR count). The molecule has 8 nitrogen and oxygen atoms in total. The van der Waals surface area contributed by atoms with Crippen molar-refractivity contribution in [2.75, 3.05) is 6.54 Å². The second-order valence-electron chi connectivity index (χ2n) is 6.62. The number of nitrogens with one attached hydrogen (secondary N) is 1. The maximum Gasteiger partial charge on any atom is 0.270 e. The molecule has 1 aromatic rings. The van der Waals surface area contributed by atoms with E-state index in [1.807, 2.05) is 0 Å². The van der Waals surface area contributed by atoms with Gasteiger partial charge in [0.05, 0.1) is 16.1 Å². The SMILES string of the molecule is C[C@H]1CCCC[C@H]1NC(=O)CN1C(=O)c2ccc([N+](=O)[O-])cc2C1=O. The number of non-ortho nitro benzene ring substituents is 1. The van der Waals surface area contributed by atoms with Crippen molar-refractivity contribution < 1.29 is 19.3 Å². The van der Waals surface area contributed by atoms with Gasteiger partial charge < -0.3 is 5.32 Å². The highest BCUT2D eigenvalue weighted by atomic mass is 16.6. The number of hydrogen-bond donors (Lipinski definition) is 1. The molecule has 0 saturated heterocycles. The number of benzene rings is 1. The third-order valence-electron chi connectivity index (χ3n) is 4.92. The molecule has 0 spiro atoms. The molecule has 0 bridgehead atoms. The minimum atomic E-state index is -0.671. The fourth-order valence-electron chi connectivity index (χ4n) is 3.46. The van der Waals surface area contributed by atoms with Gasteiger partial charge in [-0.05, 0) is 24.8 Å². The lowest BCUT2D eigenvalue weighted by molar-refractivity contribution is -0.384. The van der Waals surface area contributed by atoms with Gasteiger partial charge in [0, 0.05) is 18.2 Å². The predicted octanol–water partition coefficient (Wildman–Crippen LogP) is 1.89. The van der Waals surface area contributed by atoms with Crippen LogP contribution in [0.1, 0.15) is 53.3 Å². The Morgan fingerprint density at radius 1 is 1.24 bits per heavy atom. The molecule has 132 valence electrons. The van der Waals surface area contributed by atoms with Crippen LogP contribution in [0.3, 0.4) is 0 Å². The molecular weight excluding hydrogens is 326 g/mol. The van der Waals surface area contributed by atoms with E-state index < -0.39 is 16.7 Å². The van der Waals surface area contributed by atoms with E-state index in [2.05, 4.69) is 12.2 Å². The number of rotatable bonds is 4. The van der Waals surface area contributed by atoms with E-state index in [9.17, 15) is 24.5 Å². The van der Waals surface area contributed by atoms with E-state index in [1.165, 1.54) is 12.1 Å². The van der Waals surface area contributed by atoms with Crippen molar-refractivity contribution in [3.63, 3.8) is 0 Å². The maximum absolute atomic E-state index is 12.4. The number of amides is 3. The van der Waals surface area contributed by atoms with Gasteiger partial charge in [-0.2, -0.15) is 0 Å². The second kappa shape index (κ2) is 6.62. The van der Waals surface area contributed by atoms with Crippen LogP contribution in [0.2, 0.25) is 0 Å². The van der Waals surface area contributed by atoms with Crippen molar-refractivity contribution >= 4 is 23.4 Å². The summed E-state index contributed by atoms with van der Waals surface area (Å²) in [7, 11) is 0. The first kappa shape index (κ1) is 17.1. The maximum atomic E-state index is 12.4. The van der Waals surface area contributed by atoms with E-state index in [-0.39, 0.29) is 35.3 Å². The van der Waals surface area contributed by atoms with Crippen molar-refractivity contribution in [3.8, 4) is 0 Å². The summed E-state index contributed by atoms with van der Waals surface area (Å²) in [4.78, 5) is 48.0. The van der Waals surface area contributed by atoms with Crippen molar-refractivity contribution in [3.05, 3.63) is 39.4 Å². The molecule has 1 aliphatic carbocycles. The highest BCUT2D eigenvalue weighted by molar-refractivity contribution is 6.22. The number of nitro benzene ring substituents is 1. The molecule has 3 amide bonds. The molecular formula is C17H19N3O5. The minimum absolute atomic E-state index is 0.0296. The predicted molar refractivity (Wildman–Crippen MR) is 88.0 cm³/mol. The highest BCUT2D eigenvalue weighted by Crippen LogP contribution is 2.27. The zero-order chi connectivity index (χ0) is 18.1. The Morgan fingerprint density at radius 3 is 2.60 bits per heavy atom. The molecule has 1 saturated carbocycles. The average Bonchev–Trinajstić information content (AvgIpc) is 2.81. The van der Waals surface area contributed by atoms with Gasteiger partial charge in [-0.25, -0.2) is 0 Å². The van der Waals surface area contributed by atoms with Crippen LogP contribution < -0.4 is 5.32 Å². The largest absolute Gasteiger partial charge is 0.352 e. The summed E-state index contributed by atoms with van der Waals surface area (Å²) in [5.74, 6) is -1.29. The number of nitrogens with zero attached hydrogens (tertiary/aromatic N) is 2. The Labute approximate surface area is 144 Å². The van der Waals surface area contributed by atoms with Crippen LogP contribution in [0.5, 0.6) is 0 Å². The van der Waals surface area contributed by atoms with Crippen LogP contribution in [0.25, 0.3) is 0 Å². The molecule has 0 unspecified atom stereocenters. The zero-order valence-electron chi connectivity index (χ0n) is 13.9. The molecule has 2 atom stereocenters. The van der Waals surface area contributed by atoms with Crippen LogP contribution in [0, 0.1) is 16.0 Å². The summed E-state index contributed by atoms with van der Waals surface area (Å²) in [5.41, 5.74) is -0.199. The van der Waals surface area contributed by atoms with Crippen molar-refractivity contribution in [1.29, 1.82) is 0 Å². The molecule has 0 radical (unpaired) electrons. The van der Waals surface area contributed by atoms with E-state index in [0.29, 0.717) is 5.92 Å². The summed E-state index contributed by atoms with van der Waals surface area (Å²) in [6, 6.07) is 3.57. The quantitative estimate of drug-likeness (QED) is 0.509. The third kappa shape index (κ3) is 3.24. The van der Waals surface area contributed by atoms with Crippen LogP contribution in [0.15, 0.2) is 18.2 Å². The van der Waals surface area contributed by atoms with Gasteiger partial charge >= 0.3 is 0 Å². The molecule has 1 aliphatic heterocycles. The molecule has 8 heteroatoms. The van der Waals surface area contributed by atoms with Crippen molar-refractivity contribution in [1.82, 2.24) is 10.2 Å². The van der Waals surface area contributed by atoms with Gasteiger partial charge in [0.25, 0.3) is 17.5 Å². The standard InChI is InChI=1S/C17H19N3O5/c1-10-4-2-3-5-14(10)18-15(21)9-19-16(22)12-7-6-11(20(24)25)8-13(12)17(19)23/h6-8,10,14H,2-5,9H2,1H3,(H,18,21)/t10-,14+/m0/s1. The average molecular weight is 345 g/mol. The number of carbonyl (C=O) groups is 3. The van der Waals surface area contributed by atoms with Gasteiger partial charge in [-0.1, -0.05) is 19.8 Å². The summed E-state index contributed by atoms with van der Waals surface area (Å²) < 4.78 is 0. The van der Waals surface area contributed by atoms with Gasteiger partial charge in [-0.3, -0.25) is 29.4 Å². The topological polar surface area (TPSA) is 110 Å². The summed E-state index contributed by atoms with van der Waals surface area (Å²) in [6.45, 7) is 1.70. The Bertz CT molecular complexity index is 761. The molecule has 1 heterocycles. The van der Waals surface area contributed by atoms with E-state index in [4.69, 9.17) is 0 Å². The first-order chi connectivity index (χ1) is 11.9. The Morgan fingerprint density at radius 2 is 1.92 bits per heavy atom. The van der Waals surface area contributed by atoms with Gasteiger partial charge in [0.2, 0.25) is 5.91 Å². The first-order valence-corrected chi connectivity index (χ1v) is 8.32. The van der Waals surface area contributed by atoms with Crippen LogP contribution in [-0.4, -0.2) is 40.1 Å². The van der Waals surface area contributed by atoms with Gasteiger partial charge in [0.1, 0.15) is 6.54 Å². The monoisotopic (exact) mass is 345 g/mol. The van der Waals surface area contributed by atoms with E-state index in [0.717, 1.165) is 36.6 Å². The van der Waals surface area contributed by atoms with Crippen molar-refractivity contribution in [2.24, 2.45) is 5.92 Å². The molecule has 25 heavy (non-hydrogen) atoms. The Hall–Kier alpha value is -2.77. The number of imide groups is 1. The Balaban J connectivity index is 1.71. The number of nitro groups is 1. The van der Waals surface area contributed by atoms with Crippen molar-refractivity contribution in [2.45, 2.75) is 38.6 Å². The van der Waals surface area contributed by atoms with Gasteiger partial charge in [0.15, 0.2) is 0 Å². The molecule has 1 N–H and O–H groups in total. The lowest BCUT2D eigenvalue weighted by Gasteiger charge is -2.30. The number of fused-ring (bicyclic) bond motifs is 1. The minimum Gasteiger partial charge on any atom is -0.352 e. The summed E-state index contributed by atoms with van der Waals surface area (Å²) >= 11 is 0. The molecule has 0 aromatic heterocycles. The first-order valence-electron chi connectivity index (χ1n) is 8.32. The lowest BCUT2D eigenvalue weighted by atomic mass is 9.86. The van der Waals surface area contributed by atoms with E-state index in [1.54, 1.807) is 0 Å². The second-order valence-corrected chi connectivity index (χ2v) is 6.62. The number of carbonyl (C=O) groups excluding carboxylic acids is 3. The third-order valence-corrected chi connectivity index (χ3v) is 4.92. The van der Waals surface area contributed by atoms with Crippen LogP contribution in [0.4, 0.5) is 5.69 Å². The highest BCUT2D eigenvalue weighted by Gasteiger charge is 2.38. The lowest BCUT2D eigenvalue weighted by Crippen LogP contribution is -2.46. The van der Waals surface area contributed by atoms with E-state index >= 15 is 0 Å². The fourth-order valence-corrected chi connectivity index (χ4v) is 3.46. The van der Waals surface area contributed by atoms with Gasteiger partial charge in [-0.15, -0.1) is 0 Å².